The lowest BCUT2D eigenvalue weighted by Gasteiger charge is -2.38. The minimum Gasteiger partial charge on any atom is -0.545 e. The van der Waals surface area contributed by atoms with E-state index in [1.807, 2.05) is 6.07 Å². The highest BCUT2D eigenvalue weighted by molar-refractivity contribution is 5.87. The van der Waals surface area contributed by atoms with Gasteiger partial charge in [-0.3, -0.25) is 0 Å². The summed E-state index contributed by atoms with van der Waals surface area (Å²) >= 11 is 0. The smallest absolute Gasteiger partial charge is 0.0715 e. The van der Waals surface area contributed by atoms with E-state index in [1.165, 1.54) is 11.1 Å². The Kier molecular flexibility index (Phi) is 3.87. The Bertz CT molecular complexity index is 836. The molecule has 0 saturated heterocycles. The maximum absolute atomic E-state index is 11.2. The number of fused-ring (bicyclic) bond motifs is 3. The number of hydrogen-bond donors (Lipinski definition) is 1. The van der Waals surface area contributed by atoms with Crippen LogP contribution >= 0.6 is 0 Å². The van der Waals surface area contributed by atoms with Gasteiger partial charge in [0.25, 0.3) is 0 Å². The summed E-state index contributed by atoms with van der Waals surface area (Å²) in [7, 11) is 0. The summed E-state index contributed by atoms with van der Waals surface area (Å²) in [5.74, 6) is 0.0745. The summed E-state index contributed by atoms with van der Waals surface area (Å²) < 4.78 is 0. The van der Waals surface area contributed by atoms with Crippen molar-refractivity contribution in [3.05, 3.63) is 76.9 Å². The van der Waals surface area contributed by atoms with E-state index in [1.54, 1.807) is 12.1 Å². The van der Waals surface area contributed by atoms with Crippen LogP contribution in [0.3, 0.4) is 0 Å². The Hall–Kier alpha value is -2.55. The Labute approximate surface area is 148 Å². The molecule has 2 aliphatic rings. The fourth-order valence-corrected chi connectivity index (χ4v) is 4.14. The topological polar surface area (TPSA) is 52.2 Å². The summed E-state index contributed by atoms with van der Waals surface area (Å²) in [4.78, 5) is 11.2. The van der Waals surface area contributed by atoms with Gasteiger partial charge in [0.05, 0.1) is 12.0 Å². The van der Waals surface area contributed by atoms with Gasteiger partial charge in [-0.1, -0.05) is 56.3 Å². The molecule has 3 nitrogen and oxygen atoms in total. The predicted octanol–water partition coefficient (Wildman–Crippen LogP) is 4.00. The highest BCUT2D eigenvalue weighted by Crippen LogP contribution is 2.49. The molecule has 3 atom stereocenters. The van der Waals surface area contributed by atoms with Crippen LogP contribution in [0.15, 0.2) is 54.6 Å². The molecule has 0 radical (unpaired) electrons. The van der Waals surface area contributed by atoms with Crippen LogP contribution in [-0.2, 0) is 0 Å². The first-order chi connectivity index (χ1) is 12.0. The van der Waals surface area contributed by atoms with E-state index >= 15 is 0 Å². The normalized spacial score (nSPS) is 23.9. The number of carboxylic acids is 1. The Balaban J connectivity index is 1.71. The SMILES string of the molecule is CC(C)c1ccc(C2Nc3ccc(C(=O)[O-])cc3C3C=CCC32)cc1. The highest BCUT2D eigenvalue weighted by Gasteiger charge is 2.37. The number of anilines is 1. The summed E-state index contributed by atoms with van der Waals surface area (Å²) in [5.41, 5.74) is 4.97. The first kappa shape index (κ1) is 15.9. The Morgan fingerprint density at radius 2 is 1.92 bits per heavy atom. The van der Waals surface area contributed by atoms with E-state index < -0.39 is 5.97 Å². The maximum atomic E-state index is 11.2. The van der Waals surface area contributed by atoms with Gasteiger partial charge in [-0.25, -0.2) is 0 Å². The molecular formula is C22H22NO2-. The van der Waals surface area contributed by atoms with E-state index in [4.69, 9.17) is 0 Å². The molecule has 3 unspecified atom stereocenters. The van der Waals surface area contributed by atoms with Gasteiger partial charge in [0.1, 0.15) is 0 Å². The highest BCUT2D eigenvalue weighted by atomic mass is 16.4. The maximum Gasteiger partial charge on any atom is 0.0715 e. The van der Waals surface area contributed by atoms with Crippen molar-refractivity contribution in [2.24, 2.45) is 5.92 Å². The zero-order valence-electron chi connectivity index (χ0n) is 14.5. The Morgan fingerprint density at radius 1 is 1.16 bits per heavy atom. The standard InChI is InChI=1S/C22H23NO2/c1-13(2)14-6-8-15(9-7-14)21-18-5-3-4-17(18)19-12-16(22(24)25)10-11-20(19)23-21/h3-4,6-13,17-18,21,23H,5H2,1-2H3,(H,24,25)/p-1. The molecule has 1 heterocycles. The van der Waals surface area contributed by atoms with Crippen molar-refractivity contribution in [1.82, 2.24) is 0 Å². The molecule has 3 heteroatoms. The number of benzene rings is 2. The lowest BCUT2D eigenvalue weighted by molar-refractivity contribution is -0.255. The number of aromatic carboxylic acids is 1. The Morgan fingerprint density at radius 3 is 2.60 bits per heavy atom. The zero-order chi connectivity index (χ0) is 17.6. The quantitative estimate of drug-likeness (QED) is 0.864. The van der Waals surface area contributed by atoms with Crippen molar-refractivity contribution in [1.29, 1.82) is 0 Å². The number of allylic oxidation sites excluding steroid dienone is 2. The fraction of sp³-hybridized carbons (Fsp3) is 0.318. The summed E-state index contributed by atoms with van der Waals surface area (Å²) in [6.45, 7) is 4.41. The molecule has 1 aliphatic heterocycles. The van der Waals surface area contributed by atoms with Gasteiger partial charge < -0.3 is 15.2 Å². The molecule has 0 spiro atoms. The lowest BCUT2D eigenvalue weighted by atomic mass is 9.76. The van der Waals surface area contributed by atoms with Crippen LogP contribution in [0, 0.1) is 5.92 Å². The van der Waals surface area contributed by atoms with E-state index in [-0.39, 0.29) is 17.5 Å². The van der Waals surface area contributed by atoms with Crippen LogP contribution in [0.25, 0.3) is 0 Å². The molecule has 0 bridgehead atoms. The second-order valence-electron chi connectivity index (χ2n) is 7.39. The van der Waals surface area contributed by atoms with Crippen LogP contribution in [0.2, 0.25) is 0 Å². The molecule has 2 aromatic rings. The molecule has 2 aromatic carbocycles. The molecule has 1 N–H and O–H groups in total. The average molecular weight is 332 g/mol. The van der Waals surface area contributed by atoms with Gasteiger partial charge in [0.2, 0.25) is 0 Å². The third-order valence-corrected chi connectivity index (χ3v) is 5.56. The van der Waals surface area contributed by atoms with Crippen LogP contribution in [0.5, 0.6) is 0 Å². The molecular weight excluding hydrogens is 310 g/mol. The molecule has 4 rings (SSSR count). The fourth-order valence-electron chi connectivity index (χ4n) is 4.14. The number of rotatable bonds is 3. The van der Waals surface area contributed by atoms with E-state index in [2.05, 4.69) is 55.6 Å². The molecule has 0 aromatic heterocycles. The van der Waals surface area contributed by atoms with Gasteiger partial charge in [-0.05, 0) is 52.6 Å². The number of carbonyl (C=O) groups is 1. The lowest BCUT2D eigenvalue weighted by Crippen LogP contribution is -2.30. The van der Waals surface area contributed by atoms with E-state index in [0.717, 1.165) is 17.7 Å². The first-order valence-corrected chi connectivity index (χ1v) is 8.93. The summed E-state index contributed by atoms with van der Waals surface area (Å²) in [6.07, 6.45) is 5.44. The van der Waals surface area contributed by atoms with Gasteiger partial charge in [0, 0.05) is 11.6 Å². The third kappa shape index (κ3) is 2.74. The summed E-state index contributed by atoms with van der Waals surface area (Å²) in [6, 6.07) is 14.4. The monoisotopic (exact) mass is 332 g/mol. The van der Waals surface area contributed by atoms with Crippen molar-refractivity contribution in [3.63, 3.8) is 0 Å². The van der Waals surface area contributed by atoms with Crippen molar-refractivity contribution in [2.75, 3.05) is 5.32 Å². The molecule has 0 amide bonds. The van der Waals surface area contributed by atoms with Gasteiger partial charge in [-0.15, -0.1) is 0 Å². The molecule has 128 valence electrons. The van der Waals surface area contributed by atoms with Crippen LogP contribution in [0.1, 0.15) is 65.2 Å². The van der Waals surface area contributed by atoms with Gasteiger partial charge in [-0.2, -0.15) is 0 Å². The van der Waals surface area contributed by atoms with E-state index in [9.17, 15) is 9.90 Å². The zero-order valence-corrected chi connectivity index (χ0v) is 14.5. The number of hydrogen-bond acceptors (Lipinski definition) is 3. The molecule has 0 fully saturated rings. The molecule has 0 saturated carbocycles. The second-order valence-corrected chi connectivity index (χ2v) is 7.39. The van der Waals surface area contributed by atoms with Crippen molar-refractivity contribution in [2.45, 2.75) is 38.1 Å². The summed E-state index contributed by atoms with van der Waals surface area (Å²) in [5, 5.41) is 14.8. The molecule has 1 aliphatic carbocycles. The molecule has 25 heavy (non-hydrogen) atoms. The average Bonchev–Trinajstić information content (AvgIpc) is 3.10. The largest absolute Gasteiger partial charge is 0.545 e. The minimum atomic E-state index is -1.12. The van der Waals surface area contributed by atoms with E-state index in [0.29, 0.717) is 11.8 Å². The van der Waals surface area contributed by atoms with Gasteiger partial charge in [0.15, 0.2) is 0 Å². The minimum absolute atomic E-state index is 0.238. The van der Waals surface area contributed by atoms with Crippen LogP contribution in [-0.4, -0.2) is 5.97 Å². The number of carboxylic acid groups (broad SMARTS) is 1. The van der Waals surface area contributed by atoms with Crippen molar-refractivity contribution >= 4 is 11.7 Å². The third-order valence-electron chi connectivity index (χ3n) is 5.56. The van der Waals surface area contributed by atoms with Gasteiger partial charge >= 0.3 is 0 Å². The first-order valence-electron chi connectivity index (χ1n) is 8.93. The van der Waals surface area contributed by atoms with Crippen molar-refractivity contribution in [3.8, 4) is 0 Å². The van der Waals surface area contributed by atoms with Crippen LogP contribution in [0.4, 0.5) is 5.69 Å². The van der Waals surface area contributed by atoms with Crippen LogP contribution < -0.4 is 10.4 Å². The predicted molar refractivity (Wildman–Crippen MR) is 97.7 cm³/mol. The second kappa shape index (κ2) is 6.07. The van der Waals surface area contributed by atoms with Crippen molar-refractivity contribution < 1.29 is 9.90 Å². The number of carbonyl (C=O) groups excluding carboxylic acids is 1. The number of nitrogens with one attached hydrogen (secondary N) is 1.